The first-order valence-corrected chi connectivity index (χ1v) is 8.17. The Morgan fingerprint density at radius 1 is 1.33 bits per heavy atom. The molecular weight excluding hydrogens is 330 g/mol. The number of carbonyl (C=O) groups is 2. The summed E-state index contributed by atoms with van der Waals surface area (Å²) in [6.45, 7) is 3.81. The number of aryl methyl sites for hydroxylation is 1. The van der Waals surface area contributed by atoms with Gasteiger partial charge in [-0.1, -0.05) is 13.8 Å². The van der Waals surface area contributed by atoms with E-state index in [0.717, 1.165) is 12.1 Å². The van der Waals surface area contributed by atoms with Crippen molar-refractivity contribution in [2.45, 2.75) is 32.7 Å². The molecule has 0 saturated carbocycles. The van der Waals surface area contributed by atoms with Gasteiger partial charge in [0.2, 0.25) is 5.91 Å². The van der Waals surface area contributed by atoms with Crippen LogP contribution in [0, 0.1) is 0 Å². The van der Waals surface area contributed by atoms with Crippen molar-refractivity contribution in [1.82, 2.24) is 14.3 Å². The third-order valence-corrected chi connectivity index (χ3v) is 3.98. The zero-order valence-electron chi connectivity index (χ0n) is 13.4. The lowest BCUT2D eigenvalue weighted by Crippen LogP contribution is -2.35. The normalized spacial score (nSPS) is 11.8. The van der Waals surface area contributed by atoms with E-state index in [1.807, 2.05) is 19.9 Å². The quantitative estimate of drug-likeness (QED) is 0.555. The summed E-state index contributed by atoms with van der Waals surface area (Å²) in [5, 5.41) is 6.59. The maximum atomic E-state index is 11.5. The van der Waals surface area contributed by atoms with Crippen molar-refractivity contribution in [2.24, 2.45) is 11.5 Å². The Hall–Kier alpha value is -2.75. The Bertz CT molecular complexity index is 746. The van der Waals surface area contributed by atoms with Gasteiger partial charge in [0, 0.05) is 0 Å². The van der Waals surface area contributed by atoms with Gasteiger partial charge in [0.05, 0.1) is 11.9 Å². The number of carbonyl (C=O) groups excluding carboxylic acids is 2. The smallest absolute Gasteiger partial charge is 0.271 e. The second-order valence-corrected chi connectivity index (χ2v) is 5.79. The molecule has 128 valence electrons. The molecule has 0 aliphatic rings. The van der Waals surface area contributed by atoms with Crippen molar-refractivity contribution in [3.8, 4) is 0 Å². The van der Waals surface area contributed by atoms with Gasteiger partial charge in [0.1, 0.15) is 16.9 Å². The summed E-state index contributed by atoms with van der Waals surface area (Å²) in [6, 6.07) is 1.27. The van der Waals surface area contributed by atoms with E-state index in [2.05, 4.69) is 25.0 Å². The second-order valence-electron chi connectivity index (χ2n) is 4.99. The monoisotopic (exact) mass is 349 g/mol. The van der Waals surface area contributed by atoms with Crippen LogP contribution in [0.4, 0.5) is 16.6 Å². The minimum atomic E-state index is -0.710. The fourth-order valence-corrected chi connectivity index (χ4v) is 2.66. The summed E-state index contributed by atoms with van der Waals surface area (Å²) in [7, 11) is 0. The fourth-order valence-electron chi connectivity index (χ4n) is 1.93. The molecule has 0 aliphatic heterocycles. The Kier molecular flexibility index (Phi) is 5.64. The molecule has 0 unspecified atom stereocenters. The topological polar surface area (TPSA) is 149 Å². The van der Waals surface area contributed by atoms with Crippen molar-refractivity contribution < 1.29 is 9.59 Å². The van der Waals surface area contributed by atoms with E-state index in [1.165, 1.54) is 17.7 Å². The lowest BCUT2D eigenvalue weighted by molar-refractivity contribution is -0.118. The lowest BCUT2D eigenvalue weighted by atomic mass is 10.2. The zero-order valence-corrected chi connectivity index (χ0v) is 14.2. The average molecular weight is 349 g/mol. The predicted octanol–water partition coefficient (Wildman–Crippen LogP) is 1.01. The highest BCUT2D eigenvalue weighted by atomic mass is 32.1. The van der Waals surface area contributed by atoms with Gasteiger partial charge in [-0.15, -0.1) is 0 Å². The summed E-state index contributed by atoms with van der Waals surface area (Å²) >= 11 is 1.24. The maximum Gasteiger partial charge on any atom is 0.271 e. The summed E-state index contributed by atoms with van der Waals surface area (Å²) in [6.07, 6.45) is 2.62. The van der Waals surface area contributed by atoms with Gasteiger partial charge in [-0.2, -0.15) is 4.37 Å². The van der Waals surface area contributed by atoms with Crippen molar-refractivity contribution in [3.05, 3.63) is 23.7 Å². The molecular formula is C14H19N7O2S. The largest absolute Gasteiger partial charge is 0.368 e. The van der Waals surface area contributed by atoms with Crippen molar-refractivity contribution in [2.75, 3.05) is 10.6 Å². The minimum absolute atomic E-state index is 0.000813. The van der Waals surface area contributed by atoms with Crippen molar-refractivity contribution >= 4 is 40.0 Å². The van der Waals surface area contributed by atoms with Gasteiger partial charge in [0.25, 0.3) is 5.91 Å². The molecule has 0 radical (unpaired) electrons. The number of primary amides is 2. The van der Waals surface area contributed by atoms with Crippen LogP contribution < -0.4 is 22.1 Å². The number of aromatic nitrogens is 3. The standard InChI is InChI=1S/C14H19N7O2S/c1-3-7-5-10(24-21-7)20-14-11(13(16)23)17-6-9(19-14)18-8(4-2)12(15)22/h5-6,8H,3-4H2,1-2H3,(H2,15,22)(H2,16,23)(H2,18,19,20)/t8-/m1/s1. The van der Waals surface area contributed by atoms with Crippen LogP contribution >= 0.6 is 11.5 Å². The number of amides is 2. The van der Waals surface area contributed by atoms with E-state index >= 15 is 0 Å². The van der Waals surface area contributed by atoms with Crippen LogP contribution in [0.2, 0.25) is 0 Å². The first kappa shape index (κ1) is 17.6. The highest BCUT2D eigenvalue weighted by Crippen LogP contribution is 2.23. The highest BCUT2D eigenvalue weighted by molar-refractivity contribution is 7.10. The molecule has 2 rings (SSSR count). The minimum Gasteiger partial charge on any atom is -0.368 e. The first-order chi connectivity index (χ1) is 11.4. The van der Waals surface area contributed by atoms with E-state index in [4.69, 9.17) is 11.5 Å². The number of hydrogen-bond donors (Lipinski definition) is 4. The zero-order chi connectivity index (χ0) is 17.7. The van der Waals surface area contributed by atoms with Crippen LogP contribution in [0.25, 0.3) is 0 Å². The lowest BCUT2D eigenvalue weighted by Gasteiger charge is -2.15. The predicted molar refractivity (Wildman–Crippen MR) is 92.2 cm³/mol. The molecule has 0 aliphatic carbocycles. The Morgan fingerprint density at radius 3 is 2.62 bits per heavy atom. The number of hydrogen-bond acceptors (Lipinski definition) is 8. The number of anilines is 3. The number of nitrogens with two attached hydrogens (primary N) is 2. The highest BCUT2D eigenvalue weighted by Gasteiger charge is 2.17. The molecule has 6 N–H and O–H groups in total. The van der Waals surface area contributed by atoms with Gasteiger partial charge < -0.3 is 22.1 Å². The molecule has 0 saturated heterocycles. The Labute approximate surface area is 143 Å². The van der Waals surface area contributed by atoms with Crippen LogP contribution in [0.15, 0.2) is 12.3 Å². The molecule has 10 heteroatoms. The molecule has 2 amide bonds. The van der Waals surface area contributed by atoms with E-state index in [1.54, 1.807) is 0 Å². The fraction of sp³-hybridized carbons (Fsp3) is 0.357. The molecule has 2 heterocycles. The molecule has 9 nitrogen and oxygen atoms in total. The summed E-state index contributed by atoms with van der Waals surface area (Å²) in [4.78, 5) is 31.2. The molecule has 0 fully saturated rings. The third-order valence-electron chi connectivity index (χ3n) is 3.24. The molecule has 0 spiro atoms. The van der Waals surface area contributed by atoms with Crippen molar-refractivity contribution in [3.63, 3.8) is 0 Å². The van der Waals surface area contributed by atoms with Gasteiger partial charge in [0.15, 0.2) is 11.5 Å². The van der Waals surface area contributed by atoms with E-state index < -0.39 is 17.9 Å². The second kappa shape index (κ2) is 7.68. The number of nitrogens with one attached hydrogen (secondary N) is 2. The maximum absolute atomic E-state index is 11.5. The molecule has 1 atom stereocenters. The van der Waals surface area contributed by atoms with Gasteiger partial charge in [-0.25, -0.2) is 9.97 Å². The van der Waals surface area contributed by atoms with Crippen LogP contribution in [-0.2, 0) is 11.2 Å². The molecule has 24 heavy (non-hydrogen) atoms. The average Bonchev–Trinajstić information content (AvgIpc) is 2.99. The summed E-state index contributed by atoms with van der Waals surface area (Å²) in [5.74, 6) is -0.701. The SMILES string of the molecule is CCc1cc(Nc2nc(N[C@H](CC)C(N)=O)cnc2C(N)=O)sn1. The van der Waals surface area contributed by atoms with Crippen LogP contribution in [-0.4, -0.2) is 32.2 Å². The molecule has 2 aromatic heterocycles. The van der Waals surface area contributed by atoms with Crippen LogP contribution in [0.5, 0.6) is 0 Å². The van der Waals surface area contributed by atoms with Crippen LogP contribution in [0.1, 0.15) is 36.5 Å². The van der Waals surface area contributed by atoms with E-state index in [9.17, 15) is 9.59 Å². The molecule has 0 bridgehead atoms. The third kappa shape index (κ3) is 4.16. The Morgan fingerprint density at radius 2 is 2.08 bits per heavy atom. The van der Waals surface area contributed by atoms with Gasteiger partial charge in [-0.3, -0.25) is 9.59 Å². The summed E-state index contributed by atoms with van der Waals surface area (Å²) in [5.41, 5.74) is 11.6. The summed E-state index contributed by atoms with van der Waals surface area (Å²) < 4.78 is 4.25. The first-order valence-electron chi connectivity index (χ1n) is 7.39. The number of nitrogens with zero attached hydrogens (tertiary/aromatic N) is 3. The Balaban J connectivity index is 2.30. The number of rotatable bonds is 8. The van der Waals surface area contributed by atoms with Gasteiger partial charge >= 0.3 is 0 Å². The van der Waals surface area contributed by atoms with E-state index in [-0.39, 0.29) is 11.5 Å². The molecule has 0 aromatic carbocycles. The van der Waals surface area contributed by atoms with Crippen LogP contribution in [0.3, 0.4) is 0 Å². The van der Waals surface area contributed by atoms with Gasteiger partial charge in [-0.05, 0) is 30.4 Å². The van der Waals surface area contributed by atoms with Crippen molar-refractivity contribution in [1.29, 1.82) is 0 Å². The molecule has 2 aromatic rings. The van der Waals surface area contributed by atoms with E-state index in [0.29, 0.717) is 17.2 Å².